The minimum atomic E-state index is -0.345. The average molecular weight is 329 g/mol. The largest absolute Gasteiger partial charge is 0.468 e. The fourth-order valence-corrected chi connectivity index (χ4v) is 3.17. The minimum Gasteiger partial charge on any atom is -0.468 e. The number of nitrogens with zero attached hydrogens (tertiary/aromatic N) is 2. The van der Waals surface area contributed by atoms with Gasteiger partial charge in [-0.3, -0.25) is 9.69 Å². The SMILES string of the molecule is CCC1COC(=O)N1C1CCN(C(=S)NCC(=O)OC)CC1. The van der Waals surface area contributed by atoms with Crippen LogP contribution in [-0.2, 0) is 14.3 Å². The second-order valence-electron chi connectivity index (χ2n) is 5.50. The van der Waals surface area contributed by atoms with Gasteiger partial charge in [-0.2, -0.15) is 0 Å². The molecular formula is C14H23N3O4S. The Morgan fingerprint density at radius 1 is 1.45 bits per heavy atom. The van der Waals surface area contributed by atoms with E-state index in [4.69, 9.17) is 17.0 Å². The molecule has 1 N–H and O–H groups in total. The van der Waals surface area contributed by atoms with Crippen LogP contribution in [0.4, 0.5) is 4.79 Å². The van der Waals surface area contributed by atoms with Gasteiger partial charge in [-0.25, -0.2) is 4.79 Å². The summed E-state index contributed by atoms with van der Waals surface area (Å²) in [6.45, 7) is 4.16. The number of ether oxygens (including phenoxy) is 2. The van der Waals surface area contributed by atoms with Crippen molar-refractivity contribution in [2.75, 3.05) is 33.4 Å². The summed E-state index contributed by atoms with van der Waals surface area (Å²) < 4.78 is 9.73. The number of hydrogen-bond donors (Lipinski definition) is 1. The molecular weight excluding hydrogens is 306 g/mol. The highest BCUT2D eigenvalue weighted by Crippen LogP contribution is 2.25. The molecule has 7 nitrogen and oxygen atoms in total. The van der Waals surface area contributed by atoms with E-state index in [9.17, 15) is 9.59 Å². The van der Waals surface area contributed by atoms with Crippen molar-refractivity contribution in [2.24, 2.45) is 0 Å². The number of nitrogens with one attached hydrogen (secondary N) is 1. The zero-order valence-electron chi connectivity index (χ0n) is 13.0. The van der Waals surface area contributed by atoms with Crippen LogP contribution in [0.1, 0.15) is 26.2 Å². The van der Waals surface area contributed by atoms with Gasteiger partial charge in [-0.15, -0.1) is 0 Å². The first kappa shape index (κ1) is 16.8. The molecule has 0 bridgehead atoms. The molecule has 8 heteroatoms. The summed E-state index contributed by atoms with van der Waals surface area (Å²) in [7, 11) is 1.35. The van der Waals surface area contributed by atoms with E-state index < -0.39 is 0 Å². The van der Waals surface area contributed by atoms with Crippen LogP contribution in [-0.4, -0.2) is 72.4 Å². The van der Waals surface area contributed by atoms with Crippen molar-refractivity contribution in [2.45, 2.75) is 38.3 Å². The lowest BCUT2D eigenvalue weighted by Gasteiger charge is -2.38. The Bertz CT molecular complexity index is 438. The van der Waals surface area contributed by atoms with Crippen LogP contribution in [0.5, 0.6) is 0 Å². The summed E-state index contributed by atoms with van der Waals surface area (Å²) in [5.74, 6) is -0.345. The van der Waals surface area contributed by atoms with Crippen molar-refractivity contribution in [1.82, 2.24) is 15.1 Å². The van der Waals surface area contributed by atoms with Gasteiger partial charge in [0.2, 0.25) is 0 Å². The molecule has 0 spiro atoms. The van der Waals surface area contributed by atoms with Gasteiger partial charge in [0.25, 0.3) is 0 Å². The number of carbonyl (C=O) groups excluding carboxylic acids is 2. The van der Waals surface area contributed by atoms with Crippen LogP contribution in [0.25, 0.3) is 0 Å². The maximum Gasteiger partial charge on any atom is 0.410 e. The molecule has 2 aliphatic rings. The topological polar surface area (TPSA) is 71.1 Å². The third kappa shape index (κ3) is 3.79. The Labute approximate surface area is 135 Å². The molecule has 2 fully saturated rings. The monoisotopic (exact) mass is 329 g/mol. The molecule has 0 aromatic rings. The molecule has 1 atom stereocenters. The van der Waals surface area contributed by atoms with Gasteiger partial charge in [0.15, 0.2) is 5.11 Å². The van der Waals surface area contributed by atoms with Gasteiger partial charge in [0.1, 0.15) is 13.2 Å². The summed E-state index contributed by atoms with van der Waals surface area (Å²) in [4.78, 5) is 26.9. The zero-order valence-corrected chi connectivity index (χ0v) is 13.9. The van der Waals surface area contributed by atoms with E-state index in [0.717, 1.165) is 32.4 Å². The third-order valence-electron chi connectivity index (χ3n) is 4.23. The summed E-state index contributed by atoms with van der Waals surface area (Å²) in [5, 5.41) is 3.45. The van der Waals surface area contributed by atoms with Crippen LogP contribution in [0, 0.1) is 0 Å². The molecule has 0 aromatic carbocycles. The summed E-state index contributed by atoms with van der Waals surface area (Å²) >= 11 is 5.28. The summed E-state index contributed by atoms with van der Waals surface area (Å²) in [5.41, 5.74) is 0. The molecule has 2 aliphatic heterocycles. The van der Waals surface area contributed by atoms with Gasteiger partial charge < -0.3 is 19.7 Å². The van der Waals surface area contributed by atoms with Crippen molar-refractivity contribution in [3.05, 3.63) is 0 Å². The zero-order chi connectivity index (χ0) is 16.1. The predicted molar refractivity (Wildman–Crippen MR) is 84.5 cm³/mol. The van der Waals surface area contributed by atoms with E-state index in [1.54, 1.807) is 0 Å². The Balaban J connectivity index is 1.81. The lowest BCUT2D eigenvalue weighted by atomic mass is 10.0. The van der Waals surface area contributed by atoms with Crippen molar-refractivity contribution in [3.8, 4) is 0 Å². The Kier molecular flexibility index (Phi) is 5.82. The predicted octanol–water partition coefficient (Wildman–Crippen LogP) is 0.729. The van der Waals surface area contributed by atoms with Crippen LogP contribution in [0.15, 0.2) is 0 Å². The van der Waals surface area contributed by atoms with E-state index in [1.165, 1.54) is 7.11 Å². The number of likely N-dealkylation sites (tertiary alicyclic amines) is 1. The van der Waals surface area contributed by atoms with Crippen LogP contribution >= 0.6 is 12.2 Å². The first-order valence-electron chi connectivity index (χ1n) is 7.61. The number of thiocarbonyl (C=S) groups is 1. The second kappa shape index (κ2) is 7.62. The van der Waals surface area contributed by atoms with Crippen molar-refractivity contribution in [1.29, 1.82) is 0 Å². The van der Waals surface area contributed by atoms with Gasteiger partial charge in [0, 0.05) is 19.1 Å². The fourth-order valence-electron chi connectivity index (χ4n) is 2.91. The number of amides is 1. The van der Waals surface area contributed by atoms with Crippen LogP contribution in [0.2, 0.25) is 0 Å². The molecule has 2 rings (SSSR count). The number of rotatable bonds is 4. The molecule has 0 radical (unpaired) electrons. The third-order valence-corrected chi connectivity index (χ3v) is 4.63. The number of cyclic esters (lactones) is 1. The molecule has 1 unspecified atom stereocenters. The first-order valence-corrected chi connectivity index (χ1v) is 8.02. The Hall–Kier alpha value is -1.57. The summed E-state index contributed by atoms with van der Waals surface area (Å²) in [6.07, 6.45) is 2.42. The van der Waals surface area contributed by atoms with Crippen LogP contribution < -0.4 is 5.32 Å². The van der Waals surface area contributed by atoms with E-state index in [1.807, 2.05) is 9.80 Å². The lowest BCUT2D eigenvalue weighted by molar-refractivity contribution is -0.139. The normalized spacial score (nSPS) is 22.5. The highest BCUT2D eigenvalue weighted by Gasteiger charge is 2.38. The van der Waals surface area contributed by atoms with E-state index in [2.05, 4.69) is 17.0 Å². The van der Waals surface area contributed by atoms with Crippen LogP contribution in [0.3, 0.4) is 0 Å². The molecule has 2 heterocycles. The van der Waals surface area contributed by atoms with Gasteiger partial charge in [-0.05, 0) is 31.5 Å². The quantitative estimate of drug-likeness (QED) is 0.602. The maximum atomic E-state index is 11.9. The number of esters is 1. The molecule has 124 valence electrons. The lowest BCUT2D eigenvalue weighted by Crippen LogP contribution is -2.52. The average Bonchev–Trinajstić information content (AvgIpc) is 2.93. The molecule has 0 saturated carbocycles. The Morgan fingerprint density at radius 2 is 2.14 bits per heavy atom. The molecule has 0 aromatic heterocycles. The molecule has 0 aliphatic carbocycles. The number of piperidine rings is 1. The smallest absolute Gasteiger partial charge is 0.410 e. The van der Waals surface area contributed by atoms with Gasteiger partial charge in [-0.1, -0.05) is 6.92 Å². The number of hydrogen-bond acceptors (Lipinski definition) is 5. The maximum absolute atomic E-state index is 11.9. The fraction of sp³-hybridized carbons (Fsp3) is 0.786. The number of carbonyl (C=O) groups is 2. The van der Waals surface area contributed by atoms with Crippen molar-refractivity contribution < 1.29 is 19.1 Å². The second-order valence-corrected chi connectivity index (χ2v) is 5.89. The van der Waals surface area contributed by atoms with Gasteiger partial charge >= 0.3 is 12.1 Å². The van der Waals surface area contributed by atoms with Crippen molar-refractivity contribution >= 4 is 29.4 Å². The van der Waals surface area contributed by atoms with E-state index in [-0.39, 0.29) is 30.7 Å². The molecule has 2 saturated heterocycles. The van der Waals surface area contributed by atoms with Gasteiger partial charge in [0.05, 0.1) is 13.2 Å². The highest BCUT2D eigenvalue weighted by atomic mass is 32.1. The van der Waals surface area contributed by atoms with E-state index >= 15 is 0 Å². The highest BCUT2D eigenvalue weighted by molar-refractivity contribution is 7.80. The minimum absolute atomic E-state index is 0.0750. The van der Waals surface area contributed by atoms with Crippen molar-refractivity contribution in [3.63, 3.8) is 0 Å². The standard InChI is InChI=1S/C14H23N3O4S/c1-3-10-9-21-14(19)17(10)11-4-6-16(7-5-11)13(22)15-8-12(18)20-2/h10-11H,3-9H2,1-2H3,(H,15,22). The Morgan fingerprint density at radius 3 is 2.73 bits per heavy atom. The summed E-state index contributed by atoms with van der Waals surface area (Å²) in [6, 6.07) is 0.396. The van der Waals surface area contributed by atoms with E-state index in [0.29, 0.717) is 11.7 Å². The number of methoxy groups -OCH3 is 1. The molecule has 1 amide bonds. The molecule has 22 heavy (non-hydrogen) atoms. The first-order chi connectivity index (χ1) is 10.6.